The van der Waals surface area contributed by atoms with E-state index in [9.17, 15) is 9.90 Å². The average Bonchev–Trinajstić information content (AvgIpc) is 2.37. The molecule has 1 saturated carbocycles. The quantitative estimate of drug-likeness (QED) is 0.829. The van der Waals surface area contributed by atoms with E-state index >= 15 is 0 Å². The van der Waals surface area contributed by atoms with E-state index < -0.39 is 11.5 Å². The monoisotopic (exact) mass is 295 g/mol. The van der Waals surface area contributed by atoms with E-state index in [0.717, 1.165) is 29.4 Å². The number of carboxylic acids is 1. The Hall–Kier alpha value is -1.14. The smallest absolute Gasteiger partial charge is 0.323 e. The van der Waals surface area contributed by atoms with Gasteiger partial charge in [-0.2, -0.15) is 0 Å². The molecule has 1 aliphatic rings. The van der Waals surface area contributed by atoms with Gasteiger partial charge in [0.1, 0.15) is 5.54 Å². The van der Waals surface area contributed by atoms with Crippen LogP contribution in [0.4, 0.5) is 0 Å². The topological polar surface area (TPSA) is 75.1 Å². The van der Waals surface area contributed by atoms with Crippen LogP contribution in [0.3, 0.4) is 0 Å². The fraction of sp³-hybridized carbons (Fsp3) is 0.643. The van der Waals surface area contributed by atoms with Crippen molar-refractivity contribution in [3.05, 3.63) is 17.5 Å². The Morgan fingerprint density at radius 1 is 1.45 bits per heavy atom. The zero-order valence-corrected chi connectivity index (χ0v) is 13.0. The van der Waals surface area contributed by atoms with E-state index in [1.807, 2.05) is 19.9 Å². The van der Waals surface area contributed by atoms with Crippen LogP contribution in [0.25, 0.3) is 0 Å². The van der Waals surface area contributed by atoms with Crippen molar-refractivity contribution < 1.29 is 9.90 Å². The molecule has 0 bridgehead atoms. The first-order valence-corrected chi connectivity index (χ1v) is 7.74. The number of nitrogens with one attached hydrogen (secondary N) is 1. The first kappa shape index (κ1) is 15.3. The largest absolute Gasteiger partial charge is 0.480 e. The molecule has 110 valence electrons. The predicted octanol–water partition coefficient (Wildman–Crippen LogP) is 2.17. The molecule has 20 heavy (non-hydrogen) atoms. The van der Waals surface area contributed by atoms with Crippen molar-refractivity contribution >= 4 is 17.7 Å². The molecule has 0 radical (unpaired) electrons. The Bertz CT molecular complexity index is 489. The van der Waals surface area contributed by atoms with Gasteiger partial charge in [0.2, 0.25) is 0 Å². The standard InChI is InChI=1S/C14H21N3O2S/c1-9-7-10(2)17-13(16-9)20-11-5-4-6-14(8-11,15-3)12(18)19/h7,11,15H,4-6,8H2,1-3H3,(H,18,19). The number of nitrogens with zero attached hydrogens (tertiary/aromatic N) is 2. The maximum Gasteiger partial charge on any atom is 0.323 e. The molecule has 0 aromatic carbocycles. The fourth-order valence-corrected chi connectivity index (χ4v) is 4.09. The van der Waals surface area contributed by atoms with Crippen molar-refractivity contribution in [1.82, 2.24) is 15.3 Å². The Morgan fingerprint density at radius 3 is 2.65 bits per heavy atom. The third-order valence-corrected chi connectivity index (χ3v) is 4.96. The maximum atomic E-state index is 11.5. The molecule has 0 spiro atoms. The first-order chi connectivity index (χ1) is 9.45. The minimum Gasteiger partial charge on any atom is -0.480 e. The molecule has 1 aliphatic carbocycles. The predicted molar refractivity (Wildman–Crippen MR) is 79.0 cm³/mol. The molecule has 2 rings (SSSR count). The maximum absolute atomic E-state index is 11.5. The summed E-state index contributed by atoms with van der Waals surface area (Å²) in [6, 6.07) is 1.94. The number of hydrogen-bond donors (Lipinski definition) is 2. The van der Waals surface area contributed by atoms with Gasteiger partial charge in [0.15, 0.2) is 5.16 Å². The Labute approximate surface area is 123 Å². The highest BCUT2D eigenvalue weighted by atomic mass is 32.2. The fourth-order valence-electron chi connectivity index (χ4n) is 2.75. The minimum atomic E-state index is -0.797. The summed E-state index contributed by atoms with van der Waals surface area (Å²) in [5.41, 5.74) is 1.11. The Morgan fingerprint density at radius 2 is 2.10 bits per heavy atom. The van der Waals surface area contributed by atoms with Crippen LogP contribution in [0.2, 0.25) is 0 Å². The Balaban J connectivity index is 2.11. The lowest BCUT2D eigenvalue weighted by Crippen LogP contribution is -2.53. The summed E-state index contributed by atoms with van der Waals surface area (Å²) in [4.78, 5) is 20.4. The van der Waals surface area contributed by atoms with Crippen molar-refractivity contribution in [2.75, 3.05) is 7.05 Å². The lowest BCUT2D eigenvalue weighted by molar-refractivity contribution is -0.146. The number of carbonyl (C=O) groups is 1. The third kappa shape index (κ3) is 3.30. The number of likely N-dealkylation sites (N-methyl/N-ethyl adjacent to an activating group) is 1. The summed E-state index contributed by atoms with van der Waals surface area (Å²) in [5, 5.41) is 13.5. The van der Waals surface area contributed by atoms with Gasteiger partial charge in [-0.15, -0.1) is 0 Å². The van der Waals surface area contributed by atoms with Crippen molar-refractivity contribution in [3.8, 4) is 0 Å². The average molecular weight is 295 g/mol. The molecule has 1 heterocycles. The summed E-state index contributed by atoms with van der Waals surface area (Å²) in [5.74, 6) is -0.758. The molecule has 1 fully saturated rings. The molecular formula is C14H21N3O2S. The van der Waals surface area contributed by atoms with Gasteiger partial charge >= 0.3 is 5.97 Å². The number of aryl methyl sites for hydroxylation is 2. The zero-order valence-electron chi connectivity index (χ0n) is 12.1. The molecule has 5 nitrogen and oxygen atoms in total. The number of rotatable bonds is 4. The summed E-state index contributed by atoms with van der Waals surface area (Å²) in [6.07, 6.45) is 3.22. The second-order valence-corrected chi connectivity index (χ2v) is 6.67. The van der Waals surface area contributed by atoms with E-state index in [0.29, 0.717) is 12.8 Å². The van der Waals surface area contributed by atoms with Gasteiger partial charge in [-0.3, -0.25) is 4.79 Å². The summed E-state index contributed by atoms with van der Waals surface area (Å²) >= 11 is 1.60. The van der Waals surface area contributed by atoms with E-state index in [2.05, 4.69) is 15.3 Å². The van der Waals surface area contributed by atoms with Crippen LogP contribution in [-0.2, 0) is 4.79 Å². The lowest BCUT2D eigenvalue weighted by Gasteiger charge is -2.36. The molecule has 6 heteroatoms. The highest BCUT2D eigenvalue weighted by Crippen LogP contribution is 2.37. The normalized spacial score (nSPS) is 26.4. The van der Waals surface area contributed by atoms with Crippen LogP contribution in [0.15, 0.2) is 11.2 Å². The van der Waals surface area contributed by atoms with Gasteiger partial charge in [-0.1, -0.05) is 11.8 Å². The summed E-state index contributed by atoms with van der Waals surface area (Å²) in [7, 11) is 1.73. The van der Waals surface area contributed by atoms with Gasteiger partial charge in [0.05, 0.1) is 0 Å². The van der Waals surface area contributed by atoms with Gasteiger partial charge in [0, 0.05) is 16.6 Å². The SMILES string of the molecule is CNC1(C(=O)O)CCCC(Sc2nc(C)cc(C)n2)C1. The van der Waals surface area contributed by atoms with Crippen LogP contribution < -0.4 is 5.32 Å². The van der Waals surface area contributed by atoms with Crippen molar-refractivity contribution in [2.45, 2.75) is 55.5 Å². The summed E-state index contributed by atoms with van der Waals surface area (Å²) in [6.45, 7) is 3.91. The number of aliphatic carboxylic acids is 1. The molecular weight excluding hydrogens is 274 g/mol. The third-order valence-electron chi connectivity index (χ3n) is 3.83. The molecule has 0 saturated heterocycles. The minimum absolute atomic E-state index is 0.244. The van der Waals surface area contributed by atoms with Crippen LogP contribution in [0.5, 0.6) is 0 Å². The molecule has 2 unspecified atom stereocenters. The van der Waals surface area contributed by atoms with Gasteiger partial charge in [0.25, 0.3) is 0 Å². The molecule has 0 amide bonds. The van der Waals surface area contributed by atoms with Crippen LogP contribution in [0, 0.1) is 13.8 Å². The highest BCUT2D eigenvalue weighted by molar-refractivity contribution is 7.99. The van der Waals surface area contributed by atoms with Gasteiger partial charge < -0.3 is 10.4 Å². The second kappa shape index (κ2) is 6.10. The summed E-state index contributed by atoms with van der Waals surface area (Å²) < 4.78 is 0. The van der Waals surface area contributed by atoms with E-state index in [1.165, 1.54) is 0 Å². The molecule has 1 aromatic heterocycles. The van der Waals surface area contributed by atoms with E-state index in [-0.39, 0.29) is 5.25 Å². The second-order valence-electron chi connectivity index (χ2n) is 5.41. The van der Waals surface area contributed by atoms with Gasteiger partial charge in [-0.25, -0.2) is 9.97 Å². The van der Waals surface area contributed by atoms with Crippen molar-refractivity contribution in [2.24, 2.45) is 0 Å². The Kier molecular flexibility index (Phi) is 4.65. The highest BCUT2D eigenvalue weighted by Gasteiger charge is 2.42. The number of aromatic nitrogens is 2. The molecule has 1 aromatic rings. The molecule has 0 aliphatic heterocycles. The van der Waals surface area contributed by atoms with E-state index in [4.69, 9.17) is 0 Å². The molecule has 2 N–H and O–H groups in total. The molecule has 2 atom stereocenters. The number of carboxylic acid groups (broad SMARTS) is 1. The zero-order chi connectivity index (χ0) is 14.8. The van der Waals surface area contributed by atoms with Crippen LogP contribution in [-0.4, -0.2) is 38.9 Å². The van der Waals surface area contributed by atoms with Crippen LogP contribution in [0.1, 0.15) is 37.1 Å². The number of thioether (sulfide) groups is 1. The van der Waals surface area contributed by atoms with Crippen molar-refractivity contribution in [1.29, 1.82) is 0 Å². The number of hydrogen-bond acceptors (Lipinski definition) is 5. The van der Waals surface area contributed by atoms with Crippen molar-refractivity contribution in [3.63, 3.8) is 0 Å². The van der Waals surface area contributed by atoms with Gasteiger partial charge in [-0.05, 0) is 52.6 Å². The first-order valence-electron chi connectivity index (χ1n) is 6.86. The lowest BCUT2D eigenvalue weighted by atomic mass is 9.81. The van der Waals surface area contributed by atoms with Crippen LogP contribution >= 0.6 is 11.8 Å². The van der Waals surface area contributed by atoms with E-state index in [1.54, 1.807) is 18.8 Å².